The Hall–Kier alpha value is -1.51. The third kappa shape index (κ3) is 4.23. The molecule has 0 bridgehead atoms. The van der Waals surface area contributed by atoms with Gasteiger partial charge >= 0.3 is 0 Å². The minimum atomic E-state index is 0.561. The molecule has 1 aromatic rings. The lowest BCUT2D eigenvalue weighted by Crippen LogP contribution is -2.42. The molecular weight excluding hydrogens is 260 g/mol. The molecule has 1 aliphatic heterocycles. The Balaban J connectivity index is 1.47. The van der Waals surface area contributed by atoms with Gasteiger partial charge in [0.2, 0.25) is 0 Å². The van der Waals surface area contributed by atoms with E-state index < -0.39 is 0 Å². The normalized spacial score (nSPS) is 25.2. The van der Waals surface area contributed by atoms with E-state index in [1.807, 2.05) is 0 Å². The molecule has 0 aromatic heterocycles. The summed E-state index contributed by atoms with van der Waals surface area (Å²) in [6, 6.07) is 12.2. The van der Waals surface area contributed by atoms with Crippen molar-refractivity contribution in [3.8, 4) is 0 Å². The van der Waals surface area contributed by atoms with Crippen molar-refractivity contribution in [2.45, 2.75) is 51.0 Å². The first-order valence-electron chi connectivity index (χ1n) is 8.39. The third-order valence-corrected chi connectivity index (χ3v) is 4.69. The van der Waals surface area contributed by atoms with Gasteiger partial charge in [0.15, 0.2) is 0 Å². The average molecular weight is 286 g/mol. The Morgan fingerprint density at radius 1 is 1.14 bits per heavy atom. The van der Waals surface area contributed by atoms with Gasteiger partial charge in [0, 0.05) is 6.04 Å². The van der Waals surface area contributed by atoms with Crippen molar-refractivity contribution in [3.05, 3.63) is 35.9 Å². The molecule has 0 radical (unpaired) electrons. The molecule has 0 spiro atoms. The maximum atomic E-state index is 5.52. The van der Waals surface area contributed by atoms with E-state index in [0.29, 0.717) is 6.04 Å². The molecule has 2 aliphatic rings. The van der Waals surface area contributed by atoms with Crippen LogP contribution < -0.4 is 5.32 Å². The Morgan fingerprint density at radius 3 is 2.81 bits per heavy atom. The number of ether oxygens (including phenoxy) is 1. The zero-order chi connectivity index (χ0) is 14.3. The van der Waals surface area contributed by atoms with E-state index in [0.717, 1.165) is 25.1 Å². The summed E-state index contributed by atoms with van der Waals surface area (Å²) in [6.07, 6.45) is 9.10. The number of aliphatic imine (C=N–C) groups is 1. The van der Waals surface area contributed by atoms with E-state index in [1.165, 1.54) is 50.5 Å². The molecule has 1 fully saturated rings. The molecule has 3 heteroatoms. The van der Waals surface area contributed by atoms with Crippen molar-refractivity contribution in [1.29, 1.82) is 0 Å². The number of aryl methyl sites for hydroxylation is 1. The van der Waals surface area contributed by atoms with Gasteiger partial charge in [-0.1, -0.05) is 43.2 Å². The second kappa shape index (κ2) is 7.48. The minimum absolute atomic E-state index is 0.561. The van der Waals surface area contributed by atoms with E-state index in [1.54, 1.807) is 0 Å². The van der Waals surface area contributed by atoms with Crippen LogP contribution in [0.1, 0.15) is 44.1 Å². The van der Waals surface area contributed by atoms with Crippen molar-refractivity contribution in [1.82, 2.24) is 5.32 Å². The number of benzene rings is 1. The summed E-state index contributed by atoms with van der Waals surface area (Å²) in [6.45, 7) is 1.56. The van der Waals surface area contributed by atoms with Gasteiger partial charge in [-0.2, -0.15) is 0 Å². The number of nitrogens with one attached hydrogen (secondary N) is 1. The highest BCUT2D eigenvalue weighted by molar-refractivity contribution is 5.75. The fraction of sp³-hybridized carbons (Fsp3) is 0.611. The Morgan fingerprint density at radius 2 is 2.00 bits per heavy atom. The molecule has 1 aliphatic carbocycles. The summed E-state index contributed by atoms with van der Waals surface area (Å²) in [4.78, 5) is 4.38. The van der Waals surface area contributed by atoms with Crippen LogP contribution in [0.3, 0.4) is 0 Å². The Bertz CT molecular complexity index is 458. The molecule has 0 unspecified atom stereocenters. The number of hydrogen-bond acceptors (Lipinski definition) is 3. The monoisotopic (exact) mass is 286 g/mol. The molecule has 114 valence electrons. The van der Waals surface area contributed by atoms with Crippen LogP contribution in [-0.2, 0) is 11.2 Å². The predicted octanol–water partition coefficient (Wildman–Crippen LogP) is 3.54. The van der Waals surface area contributed by atoms with Crippen molar-refractivity contribution in [2.24, 2.45) is 10.9 Å². The summed E-state index contributed by atoms with van der Waals surface area (Å²) >= 11 is 0. The van der Waals surface area contributed by atoms with Gasteiger partial charge in [0.1, 0.15) is 6.61 Å². The molecule has 2 atom stereocenters. The van der Waals surface area contributed by atoms with Crippen molar-refractivity contribution < 1.29 is 4.74 Å². The first-order valence-corrected chi connectivity index (χ1v) is 8.39. The Labute approximate surface area is 127 Å². The highest BCUT2D eigenvalue weighted by Crippen LogP contribution is 2.29. The third-order valence-electron chi connectivity index (χ3n) is 4.69. The van der Waals surface area contributed by atoms with Crippen LogP contribution in [0, 0.1) is 5.92 Å². The van der Waals surface area contributed by atoms with Gasteiger partial charge in [-0.15, -0.1) is 0 Å². The quantitative estimate of drug-likeness (QED) is 0.898. The zero-order valence-electron chi connectivity index (χ0n) is 12.8. The van der Waals surface area contributed by atoms with E-state index in [9.17, 15) is 0 Å². The van der Waals surface area contributed by atoms with E-state index in [-0.39, 0.29) is 0 Å². The lowest BCUT2D eigenvalue weighted by atomic mass is 9.81. The number of nitrogens with zero attached hydrogens (tertiary/aromatic N) is 1. The Kier molecular flexibility index (Phi) is 5.14. The van der Waals surface area contributed by atoms with Crippen LogP contribution in [0.4, 0.5) is 0 Å². The fourth-order valence-corrected chi connectivity index (χ4v) is 3.54. The van der Waals surface area contributed by atoms with E-state index in [4.69, 9.17) is 4.74 Å². The molecule has 1 heterocycles. The molecule has 0 saturated heterocycles. The molecule has 1 aromatic carbocycles. The van der Waals surface area contributed by atoms with Crippen LogP contribution in [0.5, 0.6) is 0 Å². The first-order chi connectivity index (χ1) is 10.4. The van der Waals surface area contributed by atoms with Crippen LogP contribution in [0.25, 0.3) is 0 Å². The van der Waals surface area contributed by atoms with Gasteiger partial charge in [0.05, 0.1) is 6.54 Å². The van der Waals surface area contributed by atoms with Crippen molar-refractivity contribution in [3.63, 3.8) is 0 Å². The van der Waals surface area contributed by atoms with Crippen LogP contribution in [0.15, 0.2) is 35.3 Å². The maximum absolute atomic E-state index is 5.52. The second-order valence-electron chi connectivity index (χ2n) is 6.21. The lowest BCUT2D eigenvalue weighted by molar-refractivity contribution is 0.247. The van der Waals surface area contributed by atoms with Gasteiger partial charge in [-0.25, -0.2) is 4.99 Å². The summed E-state index contributed by atoms with van der Waals surface area (Å²) in [5, 5.41) is 3.54. The van der Waals surface area contributed by atoms with Crippen molar-refractivity contribution in [2.75, 3.05) is 13.2 Å². The van der Waals surface area contributed by atoms with Crippen LogP contribution in [0.2, 0.25) is 0 Å². The fourth-order valence-electron chi connectivity index (χ4n) is 3.54. The highest BCUT2D eigenvalue weighted by atomic mass is 16.5. The highest BCUT2D eigenvalue weighted by Gasteiger charge is 2.26. The summed E-state index contributed by atoms with van der Waals surface area (Å²) < 4.78 is 5.52. The second-order valence-corrected chi connectivity index (χ2v) is 6.21. The maximum Gasteiger partial charge on any atom is 0.285 e. The zero-order valence-corrected chi connectivity index (χ0v) is 12.8. The van der Waals surface area contributed by atoms with E-state index in [2.05, 4.69) is 40.6 Å². The summed E-state index contributed by atoms with van der Waals surface area (Å²) in [5.41, 5.74) is 1.46. The van der Waals surface area contributed by atoms with Gasteiger partial charge in [-0.3, -0.25) is 0 Å². The SMILES string of the molecule is c1ccc(CCC[C@H]2CCCC[C@@H]2NC2=NCCO2)cc1. The minimum Gasteiger partial charge on any atom is -0.463 e. The predicted molar refractivity (Wildman–Crippen MR) is 86.5 cm³/mol. The van der Waals surface area contributed by atoms with E-state index >= 15 is 0 Å². The van der Waals surface area contributed by atoms with Crippen molar-refractivity contribution >= 4 is 6.02 Å². The molecular formula is C18H26N2O. The molecule has 21 heavy (non-hydrogen) atoms. The summed E-state index contributed by atoms with van der Waals surface area (Å²) in [5.74, 6) is 0.773. The lowest BCUT2D eigenvalue weighted by Gasteiger charge is -2.32. The molecule has 3 nitrogen and oxygen atoms in total. The van der Waals surface area contributed by atoms with Crippen LogP contribution in [-0.4, -0.2) is 25.2 Å². The van der Waals surface area contributed by atoms with Crippen LogP contribution >= 0.6 is 0 Å². The molecule has 1 saturated carbocycles. The van der Waals surface area contributed by atoms with Gasteiger partial charge in [-0.05, 0) is 43.6 Å². The molecule has 3 rings (SSSR count). The standard InChI is InChI=1S/C18H26N2O/c1-2-7-15(8-3-1)9-6-11-16-10-4-5-12-17(16)20-18-19-13-14-21-18/h1-3,7-8,16-17H,4-6,9-14H2,(H,19,20)/t16-,17+/m1/s1. The topological polar surface area (TPSA) is 33.6 Å². The smallest absolute Gasteiger partial charge is 0.285 e. The number of rotatable bonds is 5. The van der Waals surface area contributed by atoms with Gasteiger partial charge in [0.25, 0.3) is 6.02 Å². The number of amidine groups is 1. The molecule has 0 amide bonds. The molecule has 1 N–H and O–H groups in total. The number of hydrogen-bond donors (Lipinski definition) is 1. The first kappa shape index (κ1) is 14.4. The average Bonchev–Trinajstić information content (AvgIpc) is 3.03. The summed E-state index contributed by atoms with van der Waals surface area (Å²) in [7, 11) is 0. The van der Waals surface area contributed by atoms with Gasteiger partial charge < -0.3 is 10.1 Å². The largest absolute Gasteiger partial charge is 0.463 e.